The number of aliphatic hydroxyl groups excluding tert-OH is 1. The molecule has 1 amide bonds. The highest BCUT2D eigenvalue weighted by Crippen LogP contribution is 2.28. The van der Waals surface area contributed by atoms with E-state index in [1.807, 2.05) is 24.3 Å². The van der Waals surface area contributed by atoms with E-state index in [0.29, 0.717) is 16.6 Å². The molecule has 6 heteroatoms. The number of hydrogen-bond acceptors (Lipinski definition) is 4. The van der Waals surface area contributed by atoms with Gasteiger partial charge in [-0.2, -0.15) is 0 Å². The van der Waals surface area contributed by atoms with Crippen molar-refractivity contribution >= 4 is 34.0 Å². The Bertz CT molecular complexity index is 674. The van der Waals surface area contributed by atoms with Gasteiger partial charge in [-0.25, -0.2) is 4.98 Å². The van der Waals surface area contributed by atoms with Crippen LogP contribution in [0.15, 0.2) is 30.5 Å². The van der Waals surface area contributed by atoms with Crippen molar-refractivity contribution in [2.24, 2.45) is 5.92 Å². The van der Waals surface area contributed by atoms with Gasteiger partial charge in [0.25, 0.3) is 0 Å². The van der Waals surface area contributed by atoms with Crippen molar-refractivity contribution in [3.8, 4) is 0 Å². The van der Waals surface area contributed by atoms with Crippen LogP contribution in [0.2, 0.25) is 5.02 Å². The minimum absolute atomic E-state index is 0.131. The molecule has 0 spiro atoms. The Morgan fingerprint density at radius 3 is 3.05 bits per heavy atom. The van der Waals surface area contributed by atoms with Crippen LogP contribution in [0.3, 0.4) is 0 Å². The third-order valence-corrected chi connectivity index (χ3v) is 5.02. The first kappa shape index (κ1) is 15.5. The maximum Gasteiger partial charge on any atom is 0.231 e. The minimum Gasteiger partial charge on any atom is -0.392 e. The van der Waals surface area contributed by atoms with Crippen molar-refractivity contribution in [3.63, 3.8) is 0 Å². The SMILES string of the molecule is O=C(Nc1ncc(Cc2cccc(Cl)c2)s1)C1CCCC1O. The summed E-state index contributed by atoms with van der Waals surface area (Å²) in [7, 11) is 0. The van der Waals surface area contributed by atoms with Crippen LogP contribution < -0.4 is 5.32 Å². The van der Waals surface area contributed by atoms with Crippen molar-refractivity contribution in [3.05, 3.63) is 45.9 Å². The summed E-state index contributed by atoms with van der Waals surface area (Å²) >= 11 is 7.43. The lowest BCUT2D eigenvalue weighted by atomic mass is 10.1. The third-order valence-electron chi connectivity index (χ3n) is 3.87. The van der Waals surface area contributed by atoms with Crippen LogP contribution in [-0.4, -0.2) is 22.1 Å². The van der Waals surface area contributed by atoms with Gasteiger partial charge in [-0.15, -0.1) is 11.3 Å². The summed E-state index contributed by atoms with van der Waals surface area (Å²) in [5.41, 5.74) is 1.11. The molecule has 1 heterocycles. The molecule has 0 radical (unpaired) electrons. The molecule has 2 N–H and O–H groups in total. The van der Waals surface area contributed by atoms with Crippen LogP contribution in [0, 0.1) is 5.92 Å². The molecule has 2 unspecified atom stereocenters. The molecular formula is C16H17ClN2O2S. The molecule has 3 rings (SSSR count). The fraction of sp³-hybridized carbons (Fsp3) is 0.375. The molecule has 1 saturated carbocycles. The van der Waals surface area contributed by atoms with Gasteiger partial charge in [0.05, 0.1) is 12.0 Å². The lowest BCUT2D eigenvalue weighted by Gasteiger charge is -2.12. The van der Waals surface area contributed by atoms with Crippen LogP contribution in [0.5, 0.6) is 0 Å². The first-order chi connectivity index (χ1) is 10.6. The fourth-order valence-electron chi connectivity index (χ4n) is 2.74. The Labute approximate surface area is 138 Å². The number of nitrogens with one attached hydrogen (secondary N) is 1. The van der Waals surface area contributed by atoms with Gasteiger partial charge in [-0.3, -0.25) is 4.79 Å². The number of hydrogen-bond donors (Lipinski definition) is 2. The van der Waals surface area contributed by atoms with E-state index in [9.17, 15) is 9.90 Å². The van der Waals surface area contributed by atoms with Crippen molar-refractivity contribution < 1.29 is 9.90 Å². The Balaban J connectivity index is 1.62. The van der Waals surface area contributed by atoms with Crippen LogP contribution in [-0.2, 0) is 11.2 Å². The molecule has 2 aromatic rings. The van der Waals surface area contributed by atoms with Crippen LogP contribution in [0.1, 0.15) is 29.7 Å². The van der Waals surface area contributed by atoms with Crippen molar-refractivity contribution in [2.75, 3.05) is 5.32 Å². The van der Waals surface area contributed by atoms with Crippen LogP contribution in [0.4, 0.5) is 5.13 Å². The predicted molar refractivity (Wildman–Crippen MR) is 88.3 cm³/mol. The number of nitrogens with zero attached hydrogens (tertiary/aromatic N) is 1. The van der Waals surface area contributed by atoms with Gasteiger partial charge in [0, 0.05) is 22.5 Å². The van der Waals surface area contributed by atoms with Gasteiger partial charge in [-0.05, 0) is 37.0 Å². The quantitative estimate of drug-likeness (QED) is 0.898. The Kier molecular flexibility index (Phi) is 4.76. The third kappa shape index (κ3) is 3.66. The number of amides is 1. The number of aliphatic hydroxyl groups is 1. The average Bonchev–Trinajstić information content (AvgIpc) is 3.08. The van der Waals surface area contributed by atoms with E-state index in [1.54, 1.807) is 6.20 Å². The second-order valence-corrected chi connectivity index (χ2v) is 7.08. The fourth-order valence-corrected chi connectivity index (χ4v) is 3.80. The number of aromatic nitrogens is 1. The maximum absolute atomic E-state index is 12.1. The first-order valence-electron chi connectivity index (χ1n) is 7.30. The molecule has 0 saturated heterocycles. The van der Waals surface area contributed by atoms with Crippen LogP contribution in [0.25, 0.3) is 0 Å². The number of rotatable bonds is 4. The molecular weight excluding hydrogens is 320 g/mol. The summed E-state index contributed by atoms with van der Waals surface area (Å²) in [4.78, 5) is 17.4. The number of carbonyl (C=O) groups excluding carboxylic acids is 1. The zero-order valence-electron chi connectivity index (χ0n) is 12.0. The Morgan fingerprint density at radius 2 is 2.32 bits per heavy atom. The topological polar surface area (TPSA) is 62.2 Å². The number of halogens is 1. The monoisotopic (exact) mass is 336 g/mol. The number of carbonyl (C=O) groups is 1. The Morgan fingerprint density at radius 1 is 1.45 bits per heavy atom. The minimum atomic E-state index is -0.522. The van der Waals surface area contributed by atoms with E-state index >= 15 is 0 Å². The van der Waals surface area contributed by atoms with E-state index in [4.69, 9.17) is 11.6 Å². The molecule has 1 fully saturated rings. The Hall–Kier alpha value is -1.43. The summed E-state index contributed by atoms with van der Waals surface area (Å²) in [6.45, 7) is 0. The molecule has 0 aliphatic heterocycles. The highest BCUT2D eigenvalue weighted by atomic mass is 35.5. The summed E-state index contributed by atoms with van der Waals surface area (Å²) < 4.78 is 0. The molecule has 1 aliphatic carbocycles. The number of anilines is 1. The predicted octanol–water partition coefficient (Wildman–Crippen LogP) is 3.49. The highest BCUT2D eigenvalue weighted by molar-refractivity contribution is 7.15. The lowest BCUT2D eigenvalue weighted by Crippen LogP contribution is -2.28. The molecule has 0 bridgehead atoms. The van der Waals surface area contributed by atoms with Gasteiger partial charge >= 0.3 is 0 Å². The summed E-state index contributed by atoms with van der Waals surface area (Å²) in [5.74, 6) is -0.436. The van der Waals surface area contributed by atoms with Crippen LogP contribution >= 0.6 is 22.9 Å². The maximum atomic E-state index is 12.1. The summed E-state index contributed by atoms with van der Waals surface area (Å²) in [6.07, 6.45) is 4.33. The second-order valence-electron chi connectivity index (χ2n) is 5.53. The van der Waals surface area contributed by atoms with Gasteiger partial charge in [-0.1, -0.05) is 23.7 Å². The van der Waals surface area contributed by atoms with E-state index < -0.39 is 6.10 Å². The van der Waals surface area contributed by atoms with E-state index in [-0.39, 0.29) is 11.8 Å². The van der Waals surface area contributed by atoms with Crippen molar-refractivity contribution in [2.45, 2.75) is 31.8 Å². The van der Waals surface area contributed by atoms with Crippen molar-refractivity contribution in [1.82, 2.24) is 4.98 Å². The standard InChI is InChI=1S/C16H17ClN2O2S/c17-11-4-1-3-10(7-11)8-12-9-18-16(22-12)19-15(21)13-5-2-6-14(13)20/h1,3-4,7,9,13-14,20H,2,5-6,8H2,(H,18,19,21). The van der Waals surface area contributed by atoms with E-state index in [2.05, 4.69) is 10.3 Å². The lowest BCUT2D eigenvalue weighted by molar-refractivity contribution is -0.122. The zero-order valence-corrected chi connectivity index (χ0v) is 13.5. The van der Waals surface area contributed by atoms with E-state index in [0.717, 1.165) is 29.7 Å². The molecule has 2 atom stereocenters. The highest BCUT2D eigenvalue weighted by Gasteiger charge is 2.31. The molecule has 1 aromatic carbocycles. The van der Waals surface area contributed by atoms with Gasteiger partial charge < -0.3 is 10.4 Å². The summed E-state index contributed by atoms with van der Waals surface area (Å²) in [5, 5.41) is 13.9. The number of thiazole rings is 1. The average molecular weight is 337 g/mol. The number of benzene rings is 1. The summed E-state index contributed by atoms with van der Waals surface area (Å²) in [6, 6.07) is 7.70. The second kappa shape index (κ2) is 6.77. The molecule has 22 heavy (non-hydrogen) atoms. The zero-order chi connectivity index (χ0) is 15.5. The van der Waals surface area contributed by atoms with Gasteiger partial charge in [0.15, 0.2) is 5.13 Å². The van der Waals surface area contributed by atoms with E-state index in [1.165, 1.54) is 11.3 Å². The molecule has 4 nitrogen and oxygen atoms in total. The molecule has 1 aliphatic rings. The largest absolute Gasteiger partial charge is 0.392 e. The normalized spacial score (nSPS) is 21.0. The van der Waals surface area contributed by atoms with Crippen molar-refractivity contribution in [1.29, 1.82) is 0 Å². The van der Waals surface area contributed by atoms with Gasteiger partial charge in [0.2, 0.25) is 5.91 Å². The first-order valence-corrected chi connectivity index (χ1v) is 8.49. The smallest absolute Gasteiger partial charge is 0.231 e. The molecule has 1 aromatic heterocycles. The van der Waals surface area contributed by atoms with Gasteiger partial charge in [0.1, 0.15) is 0 Å². The molecule has 116 valence electrons.